The molecular formula is C12H21N3O. The average Bonchev–Trinajstić information content (AvgIpc) is 2.78. The fourth-order valence-electron chi connectivity index (χ4n) is 2.22. The number of nitrogens with zero attached hydrogens (tertiary/aromatic N) is 3. The van der Waals surface area contributed by atoms with Crippen molar-refractivity contribution in [3.63, 3.8) is 0 Å². The Hall–Kier alpha value is -0.900. The van der Waals surface area contributed by atoms with Crippen LogP contribution in [0.15, 0.2) is 4.52 Å². The molecule has 0 aromatic carbocycles. The molecule has 0 N–H and O–H groups in total. The van der Waals surface area contributed by atoms with Gasteiger partial charge in [-0.05, 0) is 39.3 Å². The highest BCUT2D eigenvalue weighted by atomic mass is 16.5. The second kappa shape index (κ2) is 5.43. The normalized spacial score (nSPS) is 19.9. The van der Waals surface area contributed by atoms with Gasteiger partial charge in [0.1, 0.15) is 0 Å². The SMILES string of the molecule is CCCc1noc(C(C)N2CCCCC2)n1. The highest BCUT2D eigenvalue weighted by molar-refractivity contribution is 4.92. The number of piperidine rings is 1. The number of likely N-dealkylation sites (tertiary alicyclic amines) is 1. The van der Waals surface area contributed by atoms with Crippen LogP contribution in [0.1, 0.15) is 57.3 Å². The molecule has 0 saturated carbocycles. The molecule has 0 amide bonds. The molecule has 1 aromatic heterocycles. The molecule has 1 aromatic rings. The lowest BCUT2D eigenvalue weighted by Gasteiger charge is -2.29. The fourth-order valence-corrected chi connectivity index (χ4v) is 2.22. The molecule has 90 valence electrons. The van der Waals surface area contributed by atoms with E-state index in [1.807, 2.05) is 0 Å². The predicted octanol–water partition coefficient (Wildman–Crippen LogP) is 2.57. The van der Waals surface area contributed by atoms with Crippen LogP contribution in [0, 0.1) is 0 Å². The minimum Gasteiger partial charge on any atom is -0.338 e. The lowest BCUT2D eigenvalue weighted by Crippen LogP contribution is -2.32. The summed E-state index contributed by atoms with van der Waals surface area (Å²) in [6.45, 7) is 6.61. The molecule has 2 rings (SSSR count). The first-order valence-corrected chi connectivity index (χ1v) is 6.37. The van der Waals surface area contributed by atoms with Crippen molar-refractivity contribution >= 4 is 0 Å². The molecule has 2 heterocycles. The highest BCUT2D eigenvalue weighted by Crippen LogP contribution is 2.22. The highest BCUT2D eigenvalue weighted by Gasteiger charge is 2.22. The first-order chi connectivity index (χ1) is 7.81. The van der Waals surface area contributed by atoms with Gasteiger partial charge in [0.15, 0.2) is 5.82 Å². The lowest BCUT2D eigenvalue weighted by molar-refractivity contribution is 0.146. The maximum absolute atomic E-state index is 5.33. The first-order valence-electron chi connectivity index (χ1n) is 6.37. The molecule has 4 nitrogen and oxygen atoms in total. The van der Waals surface area contributed by atoms with Gasteiger partial charge in [-0.2, -0.15) is 4.98 Å². The van der Waals surface area contributed by atoms with E-state index in [4.69, 9.17) is 4.52 Å². The molecule has 1 fully saturated rings. The molecule has 0 radical (unpaired) electrons. The van der Waals surface area contributed by atoms with Gasteiger partial charge in [-0.25, -0.2) is 0 Å². The van der Waals surface area contributed by atoms with E-state index in [0.29, 0.717) is 0 Å². The van der Waals surface area contributed by atoms with Gasteiger partial charge < -0.3 is 4.52 Å². The smallest absolute Gasteiger partial charge is 0.243 e. The number of hydrogen-bond donors (Lipinski definition) is 0. The van der Waals surface area contributed by atoms with Crippen molar-refractivity contribution in [1.82, 2.24) is 15.0 Å². The molecule has 0 aliphatic carbocycles. The minimum absolute atomic E-state index is 0.276. The van der Waals surface area contributed by atoms with Gasteiger partial charge in [0, 0.05) is 6.42 Å². The summed E-state index contributed by atoms with van der Waals surface area (Å²) in [4.78, 5) is 6.89. The lowest BCUT2D eigenvalue weighted by atomic mass is 10.1. The third-order valence-electron chi connectivity index (χ3n) is 3.25. The van der Waals surface area contributed by atoms with Gasteiger partial charge in [-0.1, -0.05) is 18.5 Å². The fraction of sp³-hybridized carbons (Fsp3) is 0.833. The topological polar surface area (TPSA) is 42.2 Å². The first kappa shape index (κ1) is 11.6. The van der Waals surface area contributed by atoms with Crippen LogP contribution in [0.25, 0.3) is 0 Å². The molecule has 1 aliphatic heterocycles. The Morgan fingerprint density at radius 1 is 1.31 bits per heavy atom. The van der Waals surface area contributed by atoms with Crippen molar-refractivity contribution in [2.45, 2.75) is 52.0 Å². The van der Waals surface area contributed by atoms with Crippen LogP contribution in [0.3, 0.4) is 0 Å². The molecule has 0 bridgehead atoms. The molecule has 1 unspecified atom stereocenters. The molecule has 4 heteroatoms. The van der Waals surface area contributed by atoms with E-state index >= 15 is 0 Å². The molecule has 1 atom stereocenters. The summed E-state index contributed by atoms with van der Waals surface area (Å²) in [6, 6.07) is 0.276. The summed E-state index contributed by atoms with van der Waals surface area (Å²) in [7, 11) is 0. The van der Waals surface area contributed by atoms with Crippen molar-refractivity contribution < 1.29 is 4.52 Å². The molecular weight excluding hydrogens is 202 g/mol. The van der Waals surface area contributed by atoms with Crippen LogP contribution < -0.4 is 0 Å². The summed E-state index contributed by atoms with van der Waals surface area (Å²) in [5, 5.41) is 4.01. The molecule has 0 spiro atoms. The predicted molar refractivity (Wildman–Crippen MR) is 62.1 cm³/mol. The average molecular weight is 223 g/mol. The van der Waals surface area contributed by atoms with E-state index in [1.54, 1.807) is 0 Å². The van der Waals surface area contributed by atoms with Gasteiger partial charge in [0.05, 0.1) is 6.04 Å². The second-order valence-electron chi connectivity index (χ2n) is 4.57. The zero-order valence-corrected chi connectivity index (χ0v) is 10.3. The Balaban J connectivity index is 1.98. The Labute approximate surface area is 97.0 Å². The van der Waals surface area contributed by atoms with Crippen LogP contribution in [0.2, 0.25) is 0 Å². The van der Waals surface area contributed by atoms with Gasteiger partial charge in [-0.3, -0.25) is 4.90 Å². The molecule has 16 heavy (non-hydrogen) atoms. The van der Waals surface area contributed by atoms with E-state index < -0.39 is 0 Å². The zero-order chi connectivity index (χ0) is 11.4. The Morgan fingerprint density at radius 3 is 2.75 bits per heavy atom. The quantitative estimate of drug-likeness (QED) is 0.786. The molecule has 1 aliphatic rings. The van der Waals surface area contributed by atoms with Crippen LogP contribution in [-0.4, -0.2) is 28.1 Å². The third-order valence-corrected chi connectivity index (χ3v) is 3.25. The van der Waals surface area contributed by atoms with Gasteiger partial charge in [-0.15, -0.1) is 0 Å². The second-order valence-corrected chi connectivity index (χ2v) is 4.57. The summed E-state index contributed by atoms with van der Waals surface area (Å²) in [5.41, 5.74) is 0. The van der Waals surface area contributed by atoms with Crippen molar-refractivity contribution in [2.24, 2.45) is 0 Å². The Kier molecular flexibility index (Phi) is 3.93. The summed E-state index contributed by atoms with van der Waals surface area (Å²) < 4.78 is 5.33. The van der Waals surface area contributed by atoms with Gasteiger partial charge in [0.2, 0.25) is 5.89 Å². The van der Waals surface area contributed by atoms with Crippen molar-refractivity contribution in [2.75, 3.05) is 13.1 Å². The zero-order valence-electron chi connectivity index (χ0n) is 10.3. The maximum Gasteiger partial charge on any atom is 0.243 e. The number of rotatable bonds is 4. The monoisotopic (exact) mass is 223 g/mol. The number of aryl methyl sites for hydroxylation is 1. The van der Waals surface area contributed by atoms with Crippen molar-refractivity contribution in [3.8, 4) is 0 Å². The molecule has 1 saturated heterocycles. The van der Waals surface area contributed by atoms with Crippen LogP contribution in [0.5, 0.6) is 0 Å². The van der Waals surface area contributed by atoms with E-state index in [9.17, 15) is 0 Å². The number of aromatic nitrogens is 2. The number of hydrogen-bond acceptors (Lipinski definition) is 4. The van der Waals surface area contributed by atoms with E-state index in [2.05, 4.69) is 28.9 Å². The van der Waals surface area contributed by atoms with E-state index in [1.165, 1.54) is 19.3 Å². The largest absolute Gasteiger partial charge is 0.338 e. The summed E-state index contributed by atoms with van der Waals surface area (Å²) in [5.74, 6) is 1.63. The van der Waals surface area contributed by atoms with Crippen molar-refractivity contribution in [3.05, 3.63) is 11.7 Å². The standard InChI is InChI=1S/C12H21N3O/c1-3-7-11-13-12(16-14-11)10(2)15-8-5-4-6-9-15/h10H,3-9H2,1-2H3. The van der Waals surface area contributed by atoms with E-state index in [0.717, 1.165) is 37.6 Å². The Morgan fingerprint density at radius 2 is 2.06 bits per heavy atom. The maximum atomic E-state index is 5.33. The Bertz CT molecular complexity index is 318. The van der Waals surface area contributed by atoms with Crippen LogP contribution in [-0.2, 0) is 6.42 Å². The summed E-state index contributed by atoms with van der Waals surface area (Å²) >= 11 is 0. The third kappa shape index (κ3) is 2.61. The van der Waals surface area contributed by atoms with Crippen LogP contribution >= 0.6 is 0 Å². The van der Waals surface area contributed by atoms with Crippen molar-refractivity contribution in [1.29, 1.82) is 0 Å². The summed E-state index contributed by atoms with van der Waals surface area (Å²) in [6.07, 6.45) is 5.92. The van der Waals surface area contributed by atoms with E-state index in [-0.39, 0.29) is 6.04 Å². The van der Waals surface area contributed by atoms with Crippen LogP contribution in [0.4, 0.5) is 0 Å². The van der Waals surface area contributed by atoms with Gasteiger partial charge in [0.25, 0.3) is 0 Å². The van der Waals surface area contributed by atoms with Gasteiger partial charge >= 0.3 is 0 Å². The minimum atomic E-state index is 0.276.